The molecular formula is C18H13FN4OS. The van der Waals surface area contributed by atoms with E-state index in [-0.39, 0.29) is 16.1 Å². The van der Waals surface area contributed by atoms with E-state index in [4.69, 9.17) is 12.2 Å². The number of hydrogen-bond donors (Lipinski definition) is 1. The molecule has 0 aliphatic carbocycles. The van der Waals surface area contributed by atoms with Crippen molar-refractivity contribution in [1.29, 1.82) is 0 Å². The molecule has 0 amide bonds. The molecule has 0 radical (unpaired) electrons. The van der Waals surface area contributed by atoms with Crippen molar-refractivity contribution in [3.8, 4) is 11.4 Å². The van der Waals surface area contributed by atoms with Crippen molar-refractivity contribution in [2.75, 3.05) is 0 Å². The van der Waals surface area contributed by atoms with Crippen LogP contribution in [0.5, 0.6) is 0 Å². The summed E-state index contributed by atoms with van der Waals surface area (Å²) in [5, 5.41) is 4.88. The lowest BCUT2D eigenvalue weighted by molar-refractivity contribution is 0.627. The predicted octanol–water partition coefficient (Wildman–Crippen LogP) is 3.68. The molecule has 124 valence electrons. The van der Waals surface area contributed by atoms with E-state index in [1.54, 1.807) is 23.7 Å². The molecule has 0 saturated carbocycles. The molecule has 0 atom stereocenters. The first kappa shape index (κ1) is 15.5. The molecule has 0 aliphatic rings. The number of aromatic amines is 1. The highest BCUT2D eigenvalue weighted by Crippen LogP contribution is 2.18. The number of benzene rings is 2. The second kappa shape index (κ2) is 5.78. The van der Waals surface area contributed by atoms with Gasteiger partial charge in [-0.05, 0) is 55.5 Å². The zero-order valence-electron chi connectivity index (χ0n) is 13.2. The summed E-state index contributed by atoms with van der Waals surface area (Å²) in [5.74, 6) is -0.337. The van der Waals surface area contributed by atoms with Gasteiger partial charge in [-0.1, -0.05) is 18.2 Å². The van der Waals surface area contributed by atoms with E-state index >= 15 is 0 Å². The van der Waals surface area contributed by atoms with Crippen molar-refractivity contribution in [2.24, 2.45) is 0 Å². The number of aryl methyl sites for hydroxylation is 1. The smallest absolute Gasteiger partial charge is 0.270 e. The number of halogens is 1. The highest BCUT2D eigenvalue weighted by atomic mass is 32.1. The summed E-state index contributed by atoms with van der Waals surface area (Å²) in [6.45, 7) is 1.76. The topological polar surface area (TPSA) is 55.6 Å². The van der Waals surface area contributed by atoms with Crippen LogP contribution >= 0.6 is 12.2 Å². The molecular weight excluding hydrogens is 339 g/mol. The molecule has 2 aromatic carbocycles. The molecule has 5 nitrogen and oxygen atoms in total. The second-order valence-corrected chi connectivity index (χ2v) is 5.99. The van der Waals surface area contributed by atoms with Crippen molar-refractivity contribution in [2.45, 2.75) is 6.92 Å². The Morgan fingerprint density at radius 2 is 1.72 bits per heavy atom. The van der Waals surface area contributed by atoms with Gasteiger partial charge < -0.3 is 4.98 Å². The van der Waals surface area contributed by atoms with Crippen LogP contribution in [0.2, 0.25) is 0 Å². The van der Waals surface area contributed by atoms with Gasteiger partial charge in [0.1, 0.15) is 16.9 Å². The Labute approximate surface area is 147 Å². The van der Waals surface area contributed by atoms with E-state index in [0.717, 1.165) is 0 Å². The number of para-hydroxylation sites is 1. The van der Waals surface area contributed by atoms with E-state index in [1.807, 2.05) is 30.3 Å². The average Bonchev–Trinajstić information content (AvgIpc) is 2.93. The first-order valence-electron chi connectivity index (χ1n) is 7.62. The Morgan fingerprint density at radius 3 is 2.40 bits per heavy atom. The van der Waals surface area contributed by atoms with Gasteiger partial charge >= 0.3 is 0 Å². The molecule has 25 heavy (non-hydrogen) atoms. The third-order valence-corrected chi connectivity index (χ3v) is 4.28. The standard InChI is InChI=1S/C18H13FN4OS/c1-11-15-16(23(21-11)14-9-7-12(19)8-10-14)20-18(25)22(17(15)24)13-5-3-2-4-6-13/h2-10H,1H3,(H,20,25). The fourth-order valence-electron chi connectivity index (χ4n) is 2.84. The Bertz CT molecular complexity index is 1190. The van der Waals surface area contributed by atoms with Gasteiger partial charge in [-0.3, -0.25) is 9.36 Å². The van der Waals surface area contributed by atoms with Crippen LogP contribution in [0.3, 0.4) is 0 Å². The SMILES string of the molecule is Cc1nn(-c2ccc(F)cc2)c2[nH]c(=S)n(-c3ccccc3)c(=O)c12. The maximum absolute atomic E-state index is 13.2. The second-order valence-electron chi connectivity index (χ2n) is 5.60. The van der Waals surface area contributed by atoms with Crippen molar-refractivity contribution in [3.63, 3.8) is 0 Å². The summed E-state index contributed by atoms with van der Waals surface area (Å²) >= 11 is 5.39. The van der Waals surface area contributed by atoms with Crippen molar-refractivity contribution in [3.05, 3.63) is 81.2 Å². The first-order chi connectivity index (χ1) is 12.1. The minimum Gasteiger partial charge on any atom is -0.316 e. The van der Waals surface area contributed by atoms with Crippen LogP contribution in [0.4, 0.5) is 4.39 Å². The third-order valence-electron chi connectivity index (χ3n) is 3.99. The summed E-state index contributed by atoms with van der Waals surface area (Å²) in [6, 6.07) is 15.1. The maximum Gasteiger partial charge on any atom is 0.270 e. The van der Waals surface area contributed by atoms with Crippen LogP contribution < -0.4 is 5.56 Å². The van der Waals surface area contributed by atoms with Crippen LogP contribution in [0.25, 0.3) is 22.4 Å². The lowest BCUT2D eigenvalue weighted by Gasteiger charge is -2.07. The molecule has 2 aromatic heterocycles. The molecule has 4 aromatic rings. The Kier molecular flexibility index (Phi) is 3.58. The Morgan fingerprint density at radius 1 is 1.04 bits per heavy atom. The number of hydrogen-bond acceptors (Lipinski definition) is 3. The molecule has 0 spiro atoms. The van der Waals surface area contributed by atoms with Gasteiger partial charge in [0, 0.05) is 0 Å². The maximum atomic E-state index is 13.2. The van der Waals surface area contributed by atoms with Gasteiger partial charge in [0.25, 0.3) is 5.56 Å². The van der Waals surface area contributed by atoms with Crippen molar-refractivity contribution >= 4 is 23.3 Å². The van der Waals surface area contributed by atoms with Crippen molar-refractivity contribution < 1.29 is 4.39 Å². The summed E-state index contributed by atoms with van der Waals surface area (Å²) < 4.78 is 16.5. The molecule has 4 rings (SSSR count). The molecule has 0 saturated heterocycles. The first-order valence-corrected chi connectivity index (χ1v) is 8.03. The largest absolute Gasteiger partial charge is 0.316 e. The summed E-state index contributed by atoms with van der Waals surface area (Å²) in [5.41, 5.74) is 2.15. The lowest BCUT2D eigenvalue weighted by atomic mass is 10.3. The number of rotatable bonds is 2. The van der Waals surface area contributed by atoms with E-state index in [9.17, 15) is 9.18 Å². The average molecular weight is 352 g/mol. The Hall–Kier alpha value is -3.06. The van der Waals surface area contributed by atoms with Crippen LogP contribution in [-0.2, 0) is 0 Å². The molecule has 0 unspecified atom stereocenters. The summed E-state index contributed by atoms with van der Waals surface area (Å²) in [6.07, 6.45) is 0. The van der Waals surface area contributed by atoms with E-state index in [1.165, 1.54) is 16.7 Å². The normalized spacial score (nSPS) is 11.1. The minimum absolute atomic E-state index is 0.240. The van der Waals surface area contributed by atoms with Crippen LogP contribution in [0.15, 0.2) is 59.4 Å². The molecule has 7 heteroatoms. The molecule has 0 aliphatic heterocycles. The van der Waals surface area contributed by atoms with Crippen LogP contribution in [0.1, 0.15) is 5.69 Å². The number of fused-ring (bicyclic) bond motifs is 1. The number of nitrogens with zero attached hydrogens (tertiary/aromatic N) is 3. The monoisotopic (exact) mass is 352 g/mol. The number of nitrogens with one attached hydrogen (secondary N) is 1. The van der Waals surface area contributed by atoms with E-state index < -0.39 is 0 Å². The van der Waals surface area contributed by atoms with Gasteiger partial charge in [-0.15, -0.1) is 0 Å². The third kappa shape index (κ3) is 2.49. The number of H-pyrrole nitrogens is 1. The Balaban J connectivity index is 2.05. The lowest BCUT2D eigenvalue weighted by Crippen LogP contribution is -2.20. The van der Waals surface area contributed by atoms with Gasteiger partial charge in [-0.2, -0.15) is 5.10 Å². The highest BCUT2D eigenvalue weighted by molar-refractivity contribution is 7.71. The van der Waals surface area contributed by atoms with Crippen LogP contribution in [0, 0.1) is 17.5 Å². The van der Waals surface area contributed by atoms with Crippen LogP contribution in [-0.4, -0.2) is 19.3 Å². The zero-order valence-corrected chi connectivity index (χ0v) is 14.0. The van der Waals surface area contributed by atoms with Gasteiger partial charge in [0.15, 0.2) is 4.77 Å². The summed E-state index contributed by atoms with van der Waals surface area (Å²) in [7, 11) is 0. The van der Waals surface area contributed by atoms with E-state index in [2.05, 4.69) is 10.1 Å². The fourth-order valence-corrected chi connectivity index (χ4v) is 3.13. The van der Waals surface area contributed by atoms with E-state index in [0.29, 0.717) is 28.1 Å². The van der Waals surface area contributed by atoms with Crippen molar-refractivity contribution in [1.82, 2.24) is 19.3 Å². The van der Waals surface area contributed by atoms with Gasteiger partial charge in [0.2, 0.25) is 0 Å². The quantitative estimate of drug-likeness (QED) is 0.560. The molecule has 0 fully saturated rings. The fraction of sp³-hybridized carbons (Fsp3) is 0.0556. The molecule has 1 N–H and O–H groups in total. The van der Waals surface area contributed by atoms with Gasteiger partial charge in [0.05, 0.1) is 17.1 Å². The molecule has 2 heterocycles. The van der Waals surface area contributed by atoms with Gasteiger partial charge in [-0.25, -0.2) is 9.07 Å². The highest BCUT2D eigenvalue weighted by Gasteiger charge is 2.16. The molecule has 0 bridgehead atoms. The zero-order chi connectivity index (χ0) is 17.6. The predicted molar refractivity (Wildman–Crippen MR) is 96.5 cm³/mol. The summed E-state index contributed by atoms with van der Waals surface area (Å²) in [4.78, 5) is 16.1. The number of aromatic nitrogens is 4. The minimum atomic E-state index is -0.337.